The van der Waals surface area contributed by atoms with E-state index in [0.717, 1.165) is 6.42 Å². The Bertz CT molecular complexity index is 150. The predicted octanol–water partition coefficient (Wildman–Crippen LogP) is 4.03. The van der Waals surface area contributed by atoms with Gasteiger partial charge in [-0.2, -0.15) is 0 Å². The van der Waals surface area contributed by atoms with Crippen molar-refractivity contribution in [2.24, 2.45) is 0 Å². The Kier molecular flexibility index (Phi) is 9.69. The highest BCUT2D eigenvalue weighted by molar-refractivity contribution is 6.64. The van der Waals surface area contributed by atoms with E-state index in [4.69, 9.17) is 0 Å². The molecular weight excluding hydrogens is 172 g/mol. The Morgan fingerprint density at radius 1 is 0.923 bits per heavy atom. The van der Waals surface area contributed by atoms with Crippen LogP contribution in [-0.2, 0) is 0 Å². The van der Waals surface area contributed by atoms with Gasteiger partial charge in [-0.05, 0) is 6.42 Å². The molecule has 0 aromatic carbocycles. The fourth-order valence-electron chi connectivity index (χ4n) is 1.23. The molecule has 75 valence electrons. The minimum Gasteiger partial charge on any atom is -0.134 e. The normalized spacial score (nSPS) is 9.85. The first kappa shape index (κ1) is 12.8. The van der Waals surface area contributed by atoms with Crippen LogP contribution in [-0.4, -0.2) is 8.80 Å². The van der Waals surface area contributed by atoms with Gasteiger partial charge >= 0.3 is 0 Å². The van der Waals surface area contributed by atoms with Gasteiger partial charge < -0.3 is 0 Å². The van der Waals surface area contributed by atoms with E-state index in [1.54, 1.807) is 0 Å². The molecule has 0 rings (SSSR count). The van der Waals surface area contributed by atoms with Gasteiger partial charge in [0.05, 0.1) is 0 Å². The summed E-state index contributed by atoms with van der Waals surface area (Å²) in [6, 6.07) is 0. The summed E-state index contributed by atoms with van der Waals surface area (Å²) in [6.07, 6.45) is 9.39. The zero-order chi connectivity index (χ0) is 9.94. The summed E-state index contributed by atoms with van der Waals surface area (Å²) in [6.45, 7) is 6.76. The molecule has 0 fully saturated rings. The van der Waals surface area contributed by atoms with Crippen molar-refractivity contribution in [2.75, 3.05) is 0 Å². The number of hydrogen-bond acceptors (Lipinski definition) is 0. The summed E-state index contributed by atoms with van der Waals surface area (Å²) in [7, 11) is -0.297. The van der Waals surface area contributed by atoms with E-state index in [-0.39, 0.29) is 8.80 Å². The summed E-state index contributed by atoms with van der Waals surface area (Å²) < 4.78 is 0. The van der Waals surface area contributed by atoms with Gasteiger partial charge in [0.1, 0.15) is 8.80 Å². The molecule has 0 nitrogen and oxygen atoms in total. The van der Waals surface area contributed by atoms with Crippen molar-refractivity contribution in [3.05, 3.63) is 0 Å². The third-order valence-electron chi connectivity index (χ3n) is 1.99. The maximum atomic E-state index is 3.30. The van der Waals surface area contributed by atoms with Gasteiger partial charge in [0.25, 0.3) is 0 Å². The monoisotopic (exact) mass is 195 g/mol. The minimum atomic E-state index is -0.297. The van der Waals surface area contributed by atoms with Crippen LogP contribution in [0.25, 0.3) is 0 Å². The van der Waals surface area contributed by atoms with Gasteiger partial charge in [0.2, 0.25) is 0 Å². The highest BCUT2D eigenvalue weighted by Crippen LogP contribution is 2.05. The smallest absolute Gasteiger partial charge is 0.134 e. The van der Waals surface area contributed by atoms with E-state index in [9.17, 15) is 0 Å². The Hall–Kier alpha value is -0.223. The Morgan fingerprint density at radius 2 is 1.54 bits per heavy atom. The highest BCUT2D eigenvalue weighted by atomic mass is 28.3. The molecular formula is C12H23Si. The van der Waals surface area contributed by atoms with Crippen molar-refractivity contribution in [2.45, 2.75) is 65.0 Å². The molecule has 0 saturated carbocycles. The lowest BCUT2D eigenvalue weighted by Crippen LogP contribution is -1.92. The van der Waals surface area contributed by atoms with Crippen LogP contribution in [0.2, 0.25) is 13.1 Å². The molecule has 1 radical (unpaired) electrons. The van der Waals surface area contributed by atoms with Gasteiger partial charge in [-0.15, -0.1) is 11.5 Å². The zero-order valence-corrected chi connectivity index (χ0v) is 10.4. The van der Waals surface area contributed by atoms with Crippen LogP contribution in [0.1, 0.15) is 51.9 Å². The molecule has 0 aliphatic carbocycles. The van der Waals surface area contributed by atoms with Crippen molar-refractivity contribution in [1.82, 2.24) is 0 Å². The van der Waals surface area contributed by atoms with E-state index in [0.29, 0.717) is 0 Å². The Labute approximate surface area is 85.7 Å². The second kappa shape index (κ2) is 9.86. The topological polar surface area (TPSA) is 0 Å². The molecule has 0 heterocycles. The van der Waals surface area contributed by atoms with Gasteiger partial charge in [-0.1, -0.05) is 52.1 Å². The molecule has 0 aliphatic heterocycles. The van der Waals surface area contributed by atoms with Gasteiger partial charge in [0, 0.05) is 6.42 Å². The van der Waals surface area contributed by atoms with Gasteiger partial charge in [0.15, 0.2) is 0 Å². The van der Waals surface area contributed by atoms with Gasteiger partial charge in [-0.3, -0.25) is 0 Å². The lowest BCUT2D eigenvalue weighted by molar-refractivity contribution is 0.614. The number of hydrogen-bond donors (Lipinski definition) is 0. The minimum absolute atomic E-state index is 0.297. The number of rotatable bonds is 6. The molecule has 0 saturated heterocycles. The third kappa shape index (κ3) is 11.8. The van der Waals surface area contributed by atoms with Crippen LogP contribution < -0.4 is 0 Å². The van der Waals surface area contributed by atoms with Crippen LogP contribution >= 0.6 is 0 Å². The zero-order valence-electron chi connectivity index (χ0n) is 9.45. The van der Waals surface area contributed by atoms with Crippen molar-refractivity contribution in [3.63, 3.8) is 0 Å². The lowest BCUT2D eigenvalue weighted by Gasteiger charge is -1.96. The molecule has 0 unspecified atom stereocenters. The van der Waals surface area contributed by atoms with Crippen molar-refractivity contribution < 1.29 is 0 Å². The fourth-order valence-corrected chi connectivity index (χ4v) is 1.71. The SMILES string of the molecule is CCCCCCCCC#C[Si](C)C. The molecule has 0 atom stereocenters. The molecule has 0 aliphatic rings. The fraction of sp³-hybridized carbons (Fsp3) is 0.833. The second-order valence-electron chi connectivity index (χ2n) is 3.82. The molecule has 0 aromatic rings. The van der Waals surface area contributed by atoms with Crippen molar-refractivity contribution in [1.29, 1.82) is 0 Å². The molecule has 1 heteroatoms. The third-order valence-corrected chi connectivity index (χ3v) is 2.67. The summed E-state index contributed by atoms with van der Waals surface area (Å²) in [5.74, 6) is 3.27. The average molecular weight is 195 g/mol. The highest BCUT2D eigenvalue weighted by Gasteiger charge is 1.88. The molecule has 0 amide bonds. The van der Waals surface area contributed by atoms with E-state index >= 15 is 0 Å². The van der Waals surface area contributed by atoms with Crippen LogP contribution in [0, 0.1) is 11.5 Å². The van der Waals surface area contributed by atoms with E-state index in [2.05, 4.69) is 31.5 Å². The first-order valence-electron chi connectivity index (χ1n) is 5.56. The molecule has 0 aromatic heterocycles. The van der Waals surface area contributed by atoms with E-state index in [1.807, 2.05) is 0 Å². The average Bonchev–Trinajstić information content (AvgIpc) is 2.09. The first-order chi connectivity index (χ1) is 6.27. The molecule has 0 spiro atoms. The van der Waals surface area contributed by atoms with Crippen LogP contribution in [0.15, 0.2) is 0 Å². The summed E-state index contributed by atoms with van der Waals surface area (Å²) in [4.78, 5) is 0. The van der Waals surface area contributed by atoms with E-state index < -0.39 is 0 Å². The lowest BCUT2D eigenvalue weighted by atomic mass is 10.1. The largest absolute Gasteiger partial charge is 0.138 e. The quantitative estimate of drug-likeness (QED) is 0.341. The number of unbranched alkanes of at least 4 members (excludes halogenated alkanes) is 6. The summed E-state index contributed by atoms with van der Waals surface area (Å²) in [5.41, 5.74) is 3.30. The Morgan fingerprint density at radius 3 is 2.15 bits per heavy atom. The predicted molar refractivity (Wildman–Crippen MR) is 63.3 cm³/mol. The van der Waals surface area contributed by atoms with Crippen molar-refractivity contribution >= 4 is 8.80 Å². The maximum Gasteiger partial charge on any atom is 0.138 e. The van der Waals surface area contributed by atoms with Crippen LogP contribution in [0.4, 0.5) is 0 Å². The van der Waals surface area contributed by atoms with Gasteiger partial charge in [-0.25, -0.2) is 0 Å². The summed E-state index contributed by atoms with van der Waals surface area (Å²) >= 11 is 0. The van der Waals surface area contributed by atoms with E-state index in [1.165, 1.54) is 38.5 Å². The van der Waals surface area contributed by atoms with Crippen LogP contribution in [0.5, 0.6) is 0 Å². The standard InChI is InChI=1S/C12H23Si/c1-4-5-6-7-8-9-10-11-12-13(2)3/h4-10H2,1-3H3. The first-order valence-corrected chi connectivity index (χ1v) is 8.06. The Balaban J connectivity index is 3.05. The maximum absolute atomic E-state index is 3.30. The molecule has 0 N–H and O–H groups in total. The van der Waals surface area contributed by atoms with Crippen molar-refractivity contribution in [3.8, 4) is 11.5 Å². The van der Waals surface area contributed by atoms with Crippen LogP contribution in [0.3, 0.4) is 0 Å². The summed E-state index contributed by atoms with van der Waals surface area (Å²) in [5, 5.41) is 0. The molecule has 0 bridgehead atoms. The molecule has 13 heavy (non-hydrogen) atoms. The second-order valence-corrected chi connectivity index (χ2v) is 6.07.